The molecule has 0 bridgehead atoms. The number of hydrogen-bond acceptors (Lipinski definition) is 5. The second-order valence-electron chi connectivity index (χ2n) is 14.6. The molecule has 0 fully saturated rings. The molecule has 0 radical (unpaired) electrons. The predicted octanol–water partition coefficient (Wildman–Crippen LogP) is 12.8. The first-order valence-corrected chi connectivity index (χ1v) is 18.1. The van der Waals surface area contributed by atoms with Crippen molar-refractivity contribution in [2.45, 2.75) is 38.5 Å². The second kappa shape index (κ2) is 14.8. The van der Waals surface area contributed by atoms with Crippen LogP contribution in [0.4, 0.5) is 45.5 Å². The molecule has 2 N–H and O–H groups in total. The van der Waals surface area contributed by atoms with Crippen LogP contribution in [-0.2, 0) is 10.8 Å². The molecule has 0 aliphatic rings. The van der Waals surface area contributed by atoms with E-state index in [2.05, 4.69) is 171 Å². The lowest BCUT2D eigenvalue weighted by atomic mass is 9.78. The number of nitrogen functional groups attached to an aromatic ring is 1. The maximum atomic E-state index is 11.4. The molecule has 54 heavy (non-hydrogen) atoms. The number of nitrogens with zero attached hydrogens (tertiary/aromatic N) is 3. The molecule has 7 aromatic carbocycles. The van der Waals surface area contributed by atoms with E-state index in [1.165, 1.54) is 34.4 Å². The zero-order valence-corrected chi connectivity index (χ0v) is 31.1. The first-order chi connectivity index (χ1) is 26.0. The van der Waals surface area contributed by atoms with E-state index in [0.717, 1.165) is 34.1 Å². The zero-order valence-electron chi connectivity index (χ0n) is 31.1. The quantitative estimate of drug-likeness (QED) is 0.0822. The third-order valence-electron chi connectivity index (χ3n) is 10.5. The van der Waals surface area contributed by atoms with Crippen LogP contribution >= 0.6 is 0 Å². The van der Waals surface area contributed by atoms with E-state index < -0.39 is 0 Å². The van der Waals surface area contributed by atoms with E-state index in [1.807, 2.05) is 24.3 Å². The van der Waals surface area contributed by atoms with Crippen LogP contribution in [-0.4, -0.2) is 4.92 Å². The van der Waals surface area contributed by atoms with Gasteiger partial charge in [0.2, 0.25) is 0 Å². The maximum absolute atomic E-state index is 11.4. The molecule has 0 amide bonds. The number of anilines is 7. The minimum atomic E-state index is -0.384. The fraction of sp³-hybridized carbons (Fsp3) is 0.125. The van der Waals surface area contributed by atoms with Crippen LogP contribution in [0.1, 0.15) is 49.9 Å². The molecule has 268 valence electrons. The number of benzene rings is 7. The number of rotatable bonds is 11. The van der Waals surface area contributed by atoms with E-state index in [4.69, 9.17) is 5.73 Å². The Morgan fingerprint density at radius 1 is 0.407 bits per heavy atom. The van der Waals surface area contributed by atoms with Crippen LogP contribution < -0.4 is 15.5 Å². The molecule has 7 rings (SSSR count). The van der Waals surface area contributed by atoms with Gasteiger partial charge in [-0.15, -0.1) is 0 Å². The number of nitro groups is 1. The molecule has 6 heteroatoms. The molecular formula is C48H44N4O2. The molecule has 0 aliphatic carbocycles. The fourth-order valence-electron chi connectivity index (χ4n) is 7.09. The number of non-ortho nitro benzene ring substituents is 1. The molecule has 7 aromatic rings. The van der Waals surface area contributed by atoms with E-state index in [-0.39, 0.29) is 21.4 Å². The van der Waals surface area contributed by atoms with Crippen molar-refractivity contribution < 1.29 is 4.92 Å². The smallest absolute Gasteiger partial charge is 0.269 e. The molecule has 0 unspecified atom stereocenters. The average molecular weight is 709 g/mol. The van der Waals surface area contributed by atoms with Crippen molar-refractivity contribution in [3.8, 4) is 0 Å². The molecule has 0 saturated heterocycles. The number of hydrogen-bond donors (Lipinski definition) is 1. The summed E-state index contributed by atoms with van der Waals surface area (Å²) in [5, 5.41) is 11.4. The molecule has 0 aliphatic heterocycles. The van der Waals surface area contributed by atoms with Crippen LogP contribution in [0.3, 0.4) is 0 Å². The van der Waals surface area contributed by atoms with Crippen LogP contribution in [0.25, 0.3) is 0 Å². The fourth-order valence-corrected chi connectivity index (χ4v) is 7.09. The molecule has 0 heterocycles. The van der Waals surface area contributed by atoms with Gasteiger partial charge in [0.15, 0.2) is 0 Å². The zero-order chi connectivity index (χ0) is 37.9. The maximum Gasteiger partial charge on any atom is 0.269 e. The highest BCUT2D eigenvalue weighted by Crippen LogP contribution is 2.42. The van der Waals surface area contributed by atoms with Crippen molar-refractivity contribution in [2.24, 2.45) is 0 Å². The van der Waals surface area contributed by atoms with E-state index in [9.17, 15) is 10.1 Å². The third-order valence-corrected chi connectivity index (χ3v) is 10.5. The van der Waals surface area contributed by atoms with Crippen molar-refractivity contribution in [1.29, 1.82) is 0 Å². The van der Waals surface area contributed by atoms with Crippen LogP contribution in [0.5, 0.6) is 0 Å². The lowest BCUT2D eigenvalue weighted by molar-refractivity contribution is -0.384. The van der Waals surface area contributed by atoms with E-state index >= 15 is 0 Å². The minimum absolute atomic E-state index is 0.0401. The van der Waals surface area contributed by atoms with Crippen LogP contribution in [0, 0.1) is 10.1 Å². The largest absolute Gasteiger partial charge is 0.399 e. The Hall–Kier alpha value is -6.66. The van der Waals surface area contributed by atoms with Gasteiger partial charge >= 0.3 is 0 Å². The summed E-state index contributed by atoms with van der Waals surface area (Å²) in [5.74, 6) is 0. The summed E-state index contributed by atoms with van der Waals surface area (Å²) in [6.45, 7) is 9.05. The summed E-state index contributed by atoms with van der Waals surface area (Å²) < 4.78 is 0. The van der Waals surface area contributed by atoms with Gasteiger partial charge in [-0.3, -0.25) is 10.1 Å². The van der Waals surface area contributed by atoms with Gasteiger partial charge in [0, 0.05) is 62.8 Å². The Morgan fingerprint density at radius 2 is 0.667 bits per heavy atom. The summed E-state index contributed by atoms with van der Waals surface area (Å²) in [4.78, 5) is 15.4. The lowest BCUT2D eigenvalue weighted by Gasteiger charge is -2.31. The molecular weight excluding hydrogens is 665 g/mol. The summed E-state index contributed by atoms with van der Waals surface area (Å²) in [7, 11) is 0. The SMILES string of the molecule is CC(C)(c1ccccc1)c1ccc(N(c2ccc(N(c3ccc(N)cc3)c3ccc([N+](=O)[O-])cc3)cc2)c2ccc(C(C)(C)c3ccccc3)cc2)cc1. The van der Waals surface area contributed by atoms with Gasteiger partial charge in [0.1, 0.15) is 0 Å². The van der Waals surface area contributed by atoms with E-state index in [0.29, 0.717) is 5.69 Å². The van der Waals surface area contributed by atoms with Gasteiger partial charge < -0.3 is 15.5 Å². The molecule has 6 nitrogen and oxygen atoms in total. The van der Waals surface area contributed by atoms with Crippen molar-refractivity contribution in [3.05, 3.63) is 214 Å². The average Bonchev–Trinajstić information content (AvgIpc) is 3.21. The predicted molar refractivity (Wildman–Crippen MR) is 224 cm³/mol. The minimum Gasteiger partial charge on any atom is -0.399 e. The Labute approximate surface area is 317 Å². The normalized spacial score (nSPS) is 11.6. The Bertz CT molecular complexity index is 2230. The highest BCUT2D eigenvalue weighted by Gasteiger charge is 2.25. The van der Waals surface area contributed by atoms with E-state index in [1.54, 1.807) is 12.1 Å². The summed E-state index contributed by atoms with van der Waals surface area (Å²) in [5.41, 5.74) is 17.1. The Morgan fingerprint density at radius 3 is 0.981 bits per heavy atom. The third kappa shape index (κ3) is 7.19. The Balaban J connectivity index is 1.29. The van der Waals surface area contributed by atoms with Gasteiger partial charge in [0.25, 0.3) is 5.69 Å². The lowest BCUT2D eigenvalue weighted by Crippen LogP contribution is -2.19. The van der Waals surface area contributed by atoms with Crippen molar-refractivity contribution in [2.75, 3.05) is 15.5 Å². The monoisotopic (exact) mass is 708 g/mol. The first kappa shape index (κ1) is 35.7. The molecule has 0 saturated carbocycles. The second-order valence-corrected chi connectivity index (χ2v) is 14.6. The van der Waals surface area contributed by atoms with Crippen LogP contribution in [0.15, 0.2) is 182 Å². The summed E-state index contributed by atoms with van der Waals surface area (Å²) in [6, 6.07) is 61.6. The van der Waals surface area contributed by atoms with Gasteiger partial charge in [-0.1, -0.05) is 113 Å². The highest BCUT2D eigenvalue weighted by atomic mass is 16.6. The molecule has 0 spiro atoms. The number of nitro benzene ring substituents is 1. The van der Waals surface area contributed by atoms with Gasteiger partial charge in [-0.05, 0) is 107 Å². The summed E-state index contributed by atoms with van der Waals surface area (Å²) in [6.07, 6.45) is 0. The van der Waals surface area contributed by atoms with Gasteiger partial charge in [-0.2, -0.15) is 0 Å². The number of nitrogens with two attached hydrogens (primary N) is 1. The molecule has 0 aromatic heterocycles. The van der Waals surface area contributed by atoms with Gasteiger partial charge in [-0.25, -0.2) is 0 Å². The van der Waals surface area contributed by atoms with Crippen molar-refractivity contribution in [3.63, 3.8) is 0 Å². The molecule has 0 atom stereocenters. The summed E-state index contributed by atoms with van der Waals surface area (Å²) >= 11 is 0. The van der Waals surface area contributed by atoms with Crippen molar-refractivity contribution in [1.82, 2.24) is 0 Å². The Kier molecular flexibility index (Phi) is 9.77. The van der Waals surface area contributed by atoms with Gasteiger partial charge in [0.05, 0.1) is 4.92 Å². The topological polar surface area (TPSA) is 75.6 Å². The standard InChI is InChI=1S/C48H44N4O2/c1-47(2,35-11-7-5-8-12-35)37-15-21-40(22-16-37)50(41-23-17-38(18-24-41)48(3,4)36-13-9-6-10-14-36)43-27-29-44(30-28-43)51(42-25-19-39(49)20-26-42)45-31-33-46(34-32-45)52(53)54/h5-34H,49H2,1-4H3. The first-order valence-electron chi connectivity index (χ1n) is 18.1. The van der Waals surface area contributed by atoms with Crippen LogP contribution in [0.2, 0.25) is 0 Å². The highest BCUT2D eigenvalue weighted by molar-refractivity contribution is 5.82. The van der Waals surface area contributed by atoms with Crippen molar-refractivity contribution >= 4 is 45.5 Å².